The number of amides is 1. The third-order valence-corrected chi connectivity index (χ3v) is 4.27. The van der Waals surface area contributed by atoms with E-state index >= 15 is 0 Å². The smallest absolute Gasteiger partial charge is 0.366 e. The third kappa shape index (κ3) is 4.03. The molecule has 0 bridgehead atoms. The quantitative estimate of drug-likeness (QED) is 0.764. The lowest BCUT2D eigenvalue weighted by molar-refractivity contribution is -0.141. The van der Waals surface area contributed by atoms with E-state index in [1.807, 2.05) is 0 Å². The summed E-state index contributed by atoms with van der Waals surface area (Å²) in [7, 11) is 0. The summed E-state index contributed by atoms with van der Waals surface area (Å²) in [6.45, 7) is 0. The standard InChI is InChI=1S/C17H12F3N3OS/c18-17(19,20)14-6-2-5-12(22-14)8-15-23-13(9-25-15)10-3-1-4-11(7-10)16(21)24/h1-7,9H,8H2,(H2,21,24). The molecule has 2 heterocycles. The molecule has 2 aromatic heterocycles. The fourth-order valence-corrected chi connectivity index (χ4v) is 3.07. The Morgan fingerprint density at radius 2 is 1.88 bits per heavy atom. The Bertz CT molecular complexity index is 921. The molecule has 4 nitrogen and oxygen atoms in total. The number of carbonyl (C=O) groups excluding carboxylic acids is 1. The molecule has 2 N–H and O–H groups in total. The SMILES string of the molecule is NC(=O)c1cccc(-c2csc(Cc3cccc(C(F)(F)F)n3)n2)c1. The van der Waals surface area contributed by atoms with Crippen molar-refractivity contribution in [1.29, 1.82) is 0 Å². The predicted octanol–water partition coefficient (Wildman–Crippen LogP) is 3.91. The zero-order valence-electron chi connectivity index (χ0n) is 12.7. The van der Waals surface area contributed by atoms with Crippen molar-refractivity contribution < 1.29 is 18.0 Å². The van der Waals surface area contributed by atoms with Crippen molar-refractivity contribution in [2.75, 3.05) is 0 Å². The van der Waals surface area contributed by atoms with Crippen LogP contribution in [0.1, 0.15) is 26.8 Å². The van der Waals surface area contributed by atoms with Gasteiger partial charge in [-0.15, -0.1) is 11.3 Å². The lowest BCUT2D eigenvalue weighted by Crippen LogP contribution is -2.10. The number of rotatable bonds is 4. The zero-order valence-corrected chi connectivity index (χ0v) is 13.6. The molecule has 0 aliphatic rings. The second-order valence-electron chi connectivity index (χ2n) is 5.26. The van der Waals surface area contributed by atoms with Crippen molar-refractivity contribution in [2.24, 2.45) is 5.73 Å². The Hall–Kier alpha value is -2.74. The van der Waals surface area contributed by atoms with E-state index in [-0.39, 0.29) is 6.42 Å². The van der Waals surface area contributed by atoms with Crippen LogP contribution in [0.2, 0.25) is 0 Å². The minimum absolute atomic E-state index is 0.199. The number of nitrogens with zero attached hydrogens (tertiary/aromatic N) is 2. The van der Waals surface area contributed by atoms with Gasteiger partial charge >= 0.3 is 6.18 Å². The molecule has 0 saturated carbocycles. The number of primary amides is 1. The van der Waals surface area contributed by atoms with Crippen LogP contribution < -0.4 is 5.73 Å². The Kier molecular flexibility index (Phi) is 4.54. The van der Waals surface area contributed by atoms with Gasteiger partial charge in [-0.25, -0.2) is 9.97 Å². The van der Waals surface area contributed by atoms with E-state index in [1.165, 1.54) is 23.5 Å². The molecule has 0 radical (unpaired) electrons. The second-order valence-corrected chi connectivity index (χ2v) is 6.20. The molecule has 0 fully saturated rings. The van der Waals surface area contributed by atoms with Crippen molar-refractivity contribution in [3.05, 3.63) is 69.8 Å². The lowest BCUT2D eigenvalue weighted by atomic mass is 10.1. The summed E-state index contributed by atoms with van der Waals surface area (Å²) in [6.07, 6.45) is -4.27. The van der Waals surface area contributed by atoms with Gasteiger partial charge in [0, 0.05) is 28.6 Å². The molecule has 25 heavy (non-hydrogen) atoms. The minimum atomic E-state index is -4.47. The molecule has 0 unspecified atom stereocenters. The Labute approximate surface area is 145 Å². The maximum absolute atomic E-state index is 12.7. The number of alkyl halides is 3. The third-order valence-electron chi connectivity index (χ3n) is 3.42. The molecule has 8 heteroatoms. The molecule has 3 rings (SSSR count). The molecule has 0 spiro atoms. The van der Waals surface area contributed by atoms with E-state index in [0.29, 0.717) is 22.0 Å². The van der Waals surface area contributed by atoms with Crippen LogP contribution >= 0.6 is 11.3 Å². The monoisotopic (exact) mass is 363 g/mol. The van der Waals surface area contributed by atoms with Gasteiger partial charge in [0.25, 0.3) is 0 Å². The number of halogens is 3. The number of hydrogen-bond donors (Lipinski definition) is 1. The highest BCUT2D eigenvalue weighted by atomic mass is 32.1. The number of thiazole rings is 1. The van der Waals surface area contributed by atoms with Crippen LogP contribution in [-0.4, -0.2) is 15.9 Å². The number of aromatic nitrogens is 2. The molecule has 1 amide bonds. The summed E-state index contributed by atoms with van der Waals surface area (Å²) < 4.78 is 38.2. The van der Waals surface area contributed by atoms with Crippen molar-refractivity contribution in [2.45, 2.75) is 12.6 Å². The van der Waals surface area contributed by atoms with E-state index in [0.717, 1.165) is 11.6 Å². The first-order valence-corrected chi connectivity index (χ1v) is 8.08. The lowest BCUT2D eigenvalue weighted by Gasteiger charge is -2.06. The average Bonchev–Trinajstić information content (AvgIpc) is 3.03. The van der Waals surface area contributed by atoms with Crippen LogP contribution in [-0.2, 0) is 12.6 Å². The summed E-state index contributed by atoms with van der Waals surface area (Å²) in [5.74, 6) is -0.537. The highest BCUT2D eigenvalue weighted by Crippen LogP contribution is 2.28. The average molecular weight is 363 g/mol. The molecule has 128 valence electrons. The van der Waals surface area contributed by atoms with Gasteiger partial charge in [-0.05, 0) is 24.3 Å². The first-order valence-electron chi connectivity index (χ1n) is 7.21. The van der Waals surface area contributed by atoms with Crippen molar-refractivity contribution in [3.8, 4) is 11.3 Å². The number of benzene rings is 1. The van der Waals surface area contributed by atoms with Gasteiger partial charge in [0.1, 0.15) is 5.69 Å². The van der Waals surface area contributed by atoms with Gasteiger partial charge in [0.2, 0.25) is 5.91 Å². The number of hydrogen-bond acceptors (Lipinski definition) is 4. The predicted molar refractivity (Wildman–Crippen MR) is 88.1 cm³/mol. The normalized spacial score (nSPS) is 11.5. The van der Waals surface area contributed by atoms with E-state index in [1.54, 1.807) is 29.6 Å². The fraction of sp³-hybridized carbons (Fsp3) is 0.118. The maximum Gasteiger partial charge on any atom is 0.433 e. The molecule has 0 aliphatic heterocycles. The van der Waals surface area contributed by atoms with Gasteiger partial charge < -0.3 is 5.73 Å². The van der Waals surface area contributed by atoms with Crippen molar-refractivity contribution >= 4 is 17.2 Å². The first-order chi connectivity index (χ1) is 11.8. The van der Waals surface area contributed by atoms with Crippen molar-refractivity contribution in [1.82, 2.24) is 9.97 Å². The fourth-order valence-electron chi connectivity index (χ4n) is 2.25. The highest BCUT2D eigenvalue weighted by Gasteiger charge is 2.32. The zero-order chi connectivity index (χ0) is 18.0. The van der Waals surface area contributed by atoms with E-state index < -0.39 is 17.8 Å². The van der Waals surface area contributed by atoms with E-state index in [2.05, 4.69) is 9.97 Å². The summed E-state index contributed by atoms with van der Waals surface area (Å²) in [6, 6.07) is 10.5. The Morgan fingerprint density at radius 1 is 1.12 bits per heavy atom. The van der Waals surface area contributed by atoms with Crippen LogP contribution in [0.15, 0.2) is 47.8 Å². The Morgan fingerprint density at radius 3 is 2.60 bits per heavy atom. The van der Waals surface area contributed by atoms with Crippen LogP contribution in [0.4, 0.5) is 13.2 Å². The molecule has 0 atom stereocenters. The van der Waals surface area contributed by atoms with Gasteiger partial charge in [-0.1, -0.05) is 18.2 Å². The van der Waals surface area contributed by atoms with Crippen LogP contribution in [0.5, 0.6) is 0 Å². The van der Waals surface area contributed by atoms with Crippen LogP contribution in [0.3, 0.4) is 0 Å². The molecule has 3 aromatic rings. The van der Waals surface area contributed by atoms with Crippen LogP contribution in [0, 0.1) is 0 Å². The maximum atomic E-state index is 12.7. The van der Waals surface area contributed by atoms with E-state index in [4.69, 9.17) is 5.73 Å². The van der Waals surface area contributed by atoms with Gasteiger partial charge in [0.15, 0.2) is 0 Å². The largest absolute Gasteiger partial charge is 0.433 e. The summed E-state index contributed by atoms with van der Waals surface area (Å²) in [5.41, 5.74) is 6.35. The molecule has 0 saturated heterocycles. The topological polar surface area (TPSA) is 68.9 Å². The highest BCUT2D eigenvalue weighted by molar-refractivity contribution is 7.10. The van der Waals surface area contributed by atoms with Gasteiger partial charge in [0.05, 0.1) is 10.7 Å². The van der Waals surface area contributed by atoms with Gasteiger partial charge in [-0.3, -0.25) is 4.79 Å². The molecular formula is C17H12F3N3OS. The first kappa shape index (κ1) is 17.1. The Balaban J connectivity index is 1.83. The van der Waals surface area contributed by atoms with E-state index in [9.17, 15) is 18.0 Å². The molecule has 1 aromatic carbocycles. The second kappa shape index (κ2) is 6.64. The summed E-state index contributed by atoms with van der Waals surface area (Å²) in [5, 5.41) is 2.41. The van der Waals surface area contributed by atoms with Crippen molar-refractivity contribution in [3.63, 3.8) is 0 Å². The van der Waals surface area contributed by atoms with Gasteiger partial charge in [-0.2, -0.15) is 13.2 Å². The molecule has 0 aliphatic carbocycles. The minimum Gasteiger partial charge on any atom is -0.366 e. The summed E-state index contributed by atoms with van der Waals surface area (Å²) >= 11 is 1.32. The molecular weight excluding hydrogens is 351 g/mol. The number of carbonyl (C=O) groups is 1. The number of pyridine rings is 1. The van der Waals surface area contributed by atoms with Crippen LogP contribution in [0.25, 0.3) is 11.3 Å². The number of nitrogens with two attached hydrogens (primary N) is 1. The summed E-state index contributed by atoms with van der Waals surface area (Å²) in [4.78, 5) is 19.3.